The Bertz CT molecular complexity index is 798. The van der Waals surface area contributed by atoms with E-state index >= 15 is 0 Å². The van der Waals surface area contributed by atoms with Crippen molar-refractivity contribution in [2.24, 2.45) is 0 Å². The van der Waals surface area contributed by atoms with Crippen molar-refractivity contribution in [3.05, 3.63) is 60.6 Å². The minimum Gasteiger partial charge on any atom is -0.466 e. The lowest BCUT2D eigenvalue weighted by atomic mass is 10.0. The molecule has 0 spiro atoms. The highest BCUT2D eigenvalue weighted by molar-refractivity contribution is 7.10. The number of rotatable bonds is 5. The van der Waals surface area contributed by atoms with Crippen molar-refractivity contribution < 1.29 is 14.3 Å². The number of furan rings is 1. The molecule has 0 aliphatic carbocycles. The van der Waals surface area contributed by atoms with Crippen LogP contribution in [-0.4, -0.2) is 22.1 Å². The smallest absolute Gasteiger partial charge is 0.320 e. The number of carbonyl (C=O) groups excluding carboxylic acids is 1. The highest BCUT2D eigenvalue weighted by Crippen LogP contribution is 2.25. The van der Waals surface area contributed by atoms with Gasteiger partial charge >= 0.3 is 6.03 Å². The second-order valence-electron chi connectivity index (χ2n) is 5.50. The number of urea groups is 1. The van der Waals surface area contributed by atoms with Crippen molar-refractivity contribution >= 4 is 22.6 Å². The first-order valence-corrected chi connectivity index (χ1v) is 8.15. The van der Waals surface area contributed by atoms with Crippen LogP contribution in [-0.2, 0) is 5.60 Å². The van der Waals surface area contributed by atoms with Crippen LogP contribution in [0.25, 0.3) is 11.3 Å². The molecule has 3 rings (SSSR count). The lowest BCUT2D eigenvalue weighted by Gasteiger charge is -2.21. The van der Waals surface area contributed by atoms with Crippen LogP contribution in [0.1, 0.15) is 12.7 Å². The first-order chi connectivity index (χ1) is 11.5. The summed E-state index contributed by atoms with van der Waals surface area (Å²) in [4.78, 5) is 12.0. The molecule has 124 valence electrons. The molecule has 2 amide bonds. The van der Waals surface area contributed by atoms with Crippen molar-refractivity contribution in [3.8, 4) is 11.3 Å². The summed E-state index contributed by atoms with van der Waals surface area (Å²) in [5.41, 5.74) is 0.519. The first kappa shape index (κ1) is 16.2. The van der Waals surface area contributed by atoms with Crippen molar-refractivity contribution in [2.75, 3.05) is 11.9 Å². The Morgan fingerprint density at radius 3 is 2.79 bits per heavy atom. The molecule has 2 aromatic heterocycles. The third-order valence-electron chi connectivity index (χ3n) is 3.46. The number of hydrogen-bond acceptors (Lipinski definition) is 5. The number of nitrogens with one attached hydrogen (secondary N) is 2. The van der Waals surface area contributed by atoms with E-state index in [0.29, 0.717) is 10.8 Å². The fourth-order valence-electron chi connectivity index (χ4n) is 2.16. The molecule has 0 saturated carbocycles. The van der Waals surface area contributed by atoms with Crippen LogP contribution in [0.3, 0.4) is 0 Å². The largest absolute Gasteiger partial charge is 0.466 e. The van der Waals surface area contributed by atoms with Crippen LogP contribution in [0.15, 0.2) is 59.2 Å². The Kier molecular flexibility index (Phi) is 4.64. The number of amides is 2. The summed E-state index contributed by atoms with van der Waals surface area (Å²) in [6.07, 6.45) is 1.48. The molecule has 0 radical (unpaired) electrons. The van der Waals surface area contributed by atoms with E-state index in [1.165, 1.54) is 17.8 Å². The molecule has 0 aliphatic heterocycles. The molecule has 3 N–H and O–H groups in total. The van der Waals surface area contributed by atoms with Gasteiger partial charge in [-0.15, -0.1) is 0 Å². The third kappa shape index (κ3) is 3.81. The molecule has 0 unspecified atom stereocenters. The maximum Gasteiger partial charge on any atom is 0.320 e. The lowest BCUT2D eigenvalue weighted by molar-refractivity contribution is 0.0372. The molecule has 0 fully saturated rings. The topological polar surface area (TPSA) is 87.4 Å². The molecule has 24 heavy (non-hydrogen) atoms. The van der Waals surface area contributed by atoms with Crippen LogP contribution >= 0.6 is 11.5 Å². The first-order valence-electron chi connectivity index (χ1n) is 7.38. The van der Waals surface area contributed by atoms with E-state index in [0.717, 1.165) is 11.3 Å². The minimum atomic E-state index is -1.27. The minimum absolute atomic E-state index is 0.0245. The van der Waals surface area contributed by atoms with Gasteiger partial charge in [-0.2, -0.15) is 4.37 Å². The highest BCUT2D eigenvalue weighted by atomic mass is 32.1. The quantitative estimate of drug-likeness (QED) is 0.662. The molecule has 0 aliphatic rings. The predicted molar refractivity (Wildman–Crippen MR) is 92.9 cm³/mol. The second kappa shape index (κ2) is 6.86. The molecular weight excluding hydrogens is 326 g/mol. The van der Waals surface area contributed by atoms with Gasteiger partial charge in [-0.1, -0.05) is 30.3 Å². The highest BCUT2D eigenvalue weighted by Gasteiger charge is 2.26. The van der Waals surface area contributed by atoms with Gasteiger partial charge in [0.1, 0.15) is 16.4 Å². The van der Waals surface area contributed by atoms with Crippen molar-refractivity contribution in [3.63, 3.8) is 0 Å². The molecule has 3 aromatic rings. The standard InChI is InChI=1S/C17H17N3O3S/c1-17(22,14-8-5-9-23-14)11-18-16(21)19-15-10-13(20-24-15)12-6-3-2-4-7-12/h2-10,22H,11H2,1H3,(H2,18,19,21)/t17-/m1/s1. The number of anilines is 1. The third-order valence-corrected chi connectivity index (χ3v) is 4.17. The van der Waals surface area contributed by atoms with Crippen LogP contribution in [0.5, 0.6) is 0 Å². The summed E-state index contributed by atoms with van der Waals surface area (Å²) < 4.78 is 9.50. The van der Waals surface area contributed by atoms with E-state index in [-0.39, 0.29) is 6.54 Å². The van der Waals surface area contributed by atoms with Crippen molar-refractivity contribution in [2.45, 2.75) is 12.5 Å². The van der Waals surface area contributed by atoms with Gasteiger partial charge in [0.05, 0.1) is 18.5 Å². The van der Waals surface area contributed by atoms with Gasteiger partial charge in [-0.05, 0) is 30.6 Å². The summed E-state index contributed by atoms with van der Waals surface area (Å²) in [7, 11) is 0. The van der Waals surface area contributed by atoms with Crippen molar-refractivity contribution in [1.29, 1.82) is 0 Å². The summed E-state index contributed by atoms with van der Waals surface area (Å²) >= 11 is 1.20. The van der Waals surface area contributed by atoms with Gasteiger partial charge in [0.2, 0.25) is 0 Å². The van der Waals surface area contributed by atoms with Gasteiger partial charge in [-0.25, -0.2) is 4.79 Å². The number of carbonyl (C=O) groups is 1. The molecule has 1 aromatic carbocycles. The molecule has 2 heterocycles. The van der Waals surface area contributed by atoms with E-state index in [1.807, 2.05) is 36.4 Å². The molecular formula is C17H17N3O3S. The van der Waals surface area contributed by atoms with Crippen LogP contribution < -0.4 is 10.6 Å². The fraction of sp³-hybridized carbons (Fsp3) is 0.176. The van der Waals surface area contributed by atoms with Crippen molar-refractivity contribution in [1.82, 2.24) is 9.69 Å². The van der Waals surface area contributed by atoms with Crippen LogP contribution in [0.2, 0.25) is 0 Å². The Morgan fingerprint density at radius 2 is 2.08 bits per heavy atom. The zero-order chi connectivity index (χ0) is 17.0. The van der Waals surface area contributed by atoms with Gasteiger partial charge in [0.15, 0.2) is 0 Å². The Hall–Kier alpha value is -2.64. The molecule has 0 bridgehead atoms. The number of aliphatic hydroxyl groups is 1. The summed E-state index contributed by atoms with van der Waals surface area (Å²) in [6.45, 7) is 1.60. The lowest BCUT2D eigenvalue weighted by Crippen LogP contribution is -2.40. The molecule has 6 nitrogen and oxygen atoms in total. The summed E-state index contributed by atoms with van der Waals surface area (Å²) in [5.74, 6) is 0.395. The molecule has 7 heteroatoms. The Morgan fingerprint density at radius 1 is 1.29 bits per heavy atom. The second-order valence-corrected chi connectivity index (χ2v) is 6.31. The van der Waals surface area contributed by atoms with E-state index in [2.05, 4.69) is 15.0 Å². The monoisotopic (exact) mass is 343 g/mol. The Labute approximate surface area is 143 Å². The fourth-order valence-corrected chi connectivity index (χ4v) is 2.82. The summed E-state index contributed by atoms with van der Waals surface area (Å²) in [6, 6.07) is 14.5. The number of aromatic nitrogens is 1. The average molecular weight is 343 g/mol. The molecule has 0 saturated heterocycles. The maximum absolute atomic E-state index is 12.0. The van der Waals surface area contributed by atoms with E-state index in [9.17, 15) is 9.90 Å². The van der Waals surface area contributed by atoms with Gasteiger partial charge < -0.3 is 14.8 Å². The van der Waals surface area contributed by atoms with Gasteiger partial charge in [0.25, 0.3) is 0 Å². The van der Waals surface area contributed by atoms with Crippen LogP contribution in [0.4, 0.5) is 9.80 Å². The number of benzene rings is 1. The number of nitrogens with zero attached hydrogens (tertiary/aromatic N) is 1. The normalized spacial score (nSPS) is 13.2. The zero-order valence-corrected chi connectivity index (χ0v) is 13.8. The van der Waals surface area contributed by atoms with E-state index in [4.69, 9.17) is 4.42 Å². The number of hydrogen-bond donors (Lipinski definition) is 3. The maximum atomic E-state index is 12.0. The Balaban J connectivity index is 1.57. The van der Waals surface area contributed by atoms with Gasteiger partial charge in [0, 0.05) is 11.6 Å². The van der Waals surface area contributed by atoms with Gasteiger partial charge in [-0.3, -0.25) is 5.32 Å². The van der Waals surface area contributed by atoms with E-state index in [1.54, 1.807) is 19.1 Å². The SMILES string of the molecule is C[C@@](O)(CNC(=O)Nc1cc(-c2ccccc2)ns1)c1ccco1. The van der Waals surface area contributed by atoms with E-state index < -0.39 is 11.6 Å². The molecule has 1 atom stereocenters. The summed E-state index contributed by atoms with van der Waals surface area (Å²) in [5, 5.41) is 16.3. The predicted octanol–water partition coefficient (Wildman–Crippen LogP) is 3.43. The van der Waals surface area contributed by atoms with Crippen LogP contribution in [0, 0.1) is 0 Å². The zero-order valence-electron chi connectivity index (χ0n) is 13.0. The average Bonchev–Trinajstić information content (AvgIpc) is 3.26.